The Morgan fingerprint density at radius 1 is 1.26 bits per heavy atom. The van der Waals surface area contributed by atoms with E-state index in [4.69, 9.17) is 14.4 Å². The van der Waals surface area contributed by atoms with Crippen LogP contribution in [0.5, 0.6) is 0 Å². The van der Waals surface area contributed by atoms with E-state index in [1.165, 1.54) is 18.2 Å². The third-order valence-corrected chi connectivity index (χ3v) is 5.15. The molecule has 1 heterocycles. The number of rotatable bonds is 5. The molecule has 0 saturated carbocycles. The number of nitrogens with zero attached hydrogens (tertiary/aromatic N) is 2. The van der Waals surface area contributed by atoms with Gasteiger partial charge in [0.2, 0.25) is 15.8 Å². The molecule has 0 fully saturated rings. The number of sulfonamides is 1. The number of hydrogen-bond donors (Lipinski definition) is 1. The van der Waals surface area contributed by atoms with Crippen LogP contribution >= 0.6 is 15.9 Å². The first kappa shape index (κ1) is 19.2. The van der Waals surface area contributed by atoms with Crippen LogP contribution in [-0.2, 0) is 21.4 Å². The summed E-state index contributed by atoms with van der Waals surface area (Å²) in [5, 5.41) is 8.99. The first-order chi connectivity index (χ1) is 12.7. The van der Waals surface area contributed by atoms with E-state index in [0.717, 1.165) is 10.0 Å². The highest BCUT2D eigenvalue weighted by Gasteiger charge is 2.17. The van der Waals surface area contributed by atoms with Gasteiger partial charge in [0, 0.05) is 10.0 Å². The zero-order valence-corrected chi connectivity index (χ0v) is 16.5. The number of benzene rings is 2. The Kier molecular flexibility index (Phi) is 5.40. The highest BCUT2D eigenvalue weighted by molar-refractivity contribution is 9.10. The van der Waals surface area contributed by atoms with Gasteiger partial charge < -0.3 is 9.26 Å². The van der Waals surface area contributed by atoms with Crippen LogP contribution < -0.4 is 5.14 Å². The van der Waals surface area contributed by atoms with Gasteiger partial charge in [-0.2, -0.15) is 4.98 Å². The lowest BCUT2D eigenvalue weighted by atomic mass is 10.1. The van der Waals surface area contributed by atoms with Crippen molar-refractivity contribution in [2.24, 2.45) is 5.14 Å². The molecule has 0 aliphatic rings. The normalized spacial score (nSPS) is 11.4. The molecule has 0 bridgehead atoms. The Hall–Kier alpha value is -2.56. The summed E-state index contributed by atoms with van der Waals surface area (Å²) >= 11 is 3.36. The quantitative estimate of drug-likeness (QED) is 0.590. The molecular formula is C17H14BrN3O5S. The fourth-order valence-electron chi connectivity index (χ4n) is 2.30. The molecule has 1 aromatic heterocycles. The number of ether oxygens (including phenoxy) is 1. The topological polar surface area (TPSA) is 125 Å². The van der Waals surface area contributed by atoms with E-state index in [9.17, 15) is 13.2 Å². The summed E-state index contributed by atoms with van der Waals surface area (Å²) in [6.45, 7) is 1.33. The monoisotopic (exact) mass is 451 g/mol. The summed E-state index contributed by atoms with van der Waals surface area (Å²) in [7, 11) is -3.94. The van der Waals surface area contributed by atoms with Crippen molar-refractivity contribution < 1.29 is 22.5 Å². The van der Waals surface area contributed by atoms with Gasteiger partial charge in [-0.05, 0) is 36.8 Å². The summed E-state index contributed by atoms with van der Waals surface area (Å²) in [5.41, 5.74) is 1.22. The van der Waals surface area contributed by atoms with E-state index in [-0.39, 0.29) is 23.0 Å². The summed E-state index contributed by atoms with van der Waals surface area (Å²) < 4.78 is 34.2. The van der Waals surface area contributed by atoms with Crippen LogP contribution in [0.4, 0.5) is 0 Å². The SMILES string of the molecule is Cc1ccc(C(=O)OCc2nc(-c3cccc(Br)c3)no2)cc1S(N)(=O)=O. The number of carbonyl (C=O) groups is 1. The minimum Gasteiger partial charge on any atom is -0.452 e. The summed E-state index contributed by atoms with van der Waals surface area (Å²) in [6, 6.07) is 11.4. The molecule has 0 saturated heterocycles. The minimum atomic E-state index is -3.94. The lowest BCUT2D eigenvalue weighted by Crippen LogP contribution is -2.15. The van der Waals surface area contributed by atoms with Crippen molar-refractivity contribution in [3.05, 3.63) is 64.0 Å². The molecule has 2 N–H and O–H groups in total. The molecule has 0 aliphatic heterocycles. The number of carbonyl (C=O) groups excluding carboxylic acids is 1. The molecule has 0 amide bonds. The fraction of sp³-hybridized carbons (Fsp3) is 0.118. The Labute approximate surface area is 163 Å². The van der Waals surface area contributed by atoms with Gasteiger partial charge in [0.25, 0.3) is 5.89 Å². The van der Waals surface area contributed by atoms with E-state index >= 15 is 0 Å². The molecule has 8 nitrogen and oxygen atoms in total. The van der Waals surface area contributed by atoms with Crippen molar-refractivity contribution >= 4 is 31.9 Å². The van der Waals surface area contributed by atoms with Crippen LogP contribution in [0.3, 0.4) is 0 Å². The molecule has 27 heavy (non-hydrogen) atoms. The van der Waals surface area contributed by atoms with Crippen molar-refractivity contribution in [3.8, 4) is 11.4 Å². The molecule has 0 aliphatic carbocycles. The largest absolute Gasteiger partial charge is 0.452 e. The first-order valence-electron chi connectivity index (χ1n) is 7.63. The number of nitrogens with two attached hydrogens (primary N) is 1. The van der Waals surface area contributed by atoms with E-state index < -0.39 is 16.0 Å². The average molecular weight is 452 g/mol. The third kappa shape index (κ3) is 4.59. The second-order valence-corrected chi connectivity index (χ2v) is 8.07. The third-order valence-electron chi connectivity index (χ3n) is 3.61. The molecule has 10 heteroatoms. The van der Waals surface area contributed by atoms with Crippen LogP contribution in [0, 0.1) is 6.92 Å². The van der Waals surface area contributed by atoms with Crippen LogP contribution in [-0.4, -0.2) is 24.5 Å². The highest BCUT2D eigenvalue weighted by Crippen LogP contribution is 2.21. The Bertz CT molecular complexity index is 1110. The molecule has 0 unspecified atom stereocenters. The highest BCUT2D eigenvalue weighted by atomic mass is 79.9. The zero-order valence-electron chi connectivity index (χ0n) is 14.0. The maximum Gasteiger partial charge on any atom is 0.338 e. The summed E-state index contributed by atoms with van der Waals surface area (Å²) in [4.78, 5) is 16.2. The molecule has 140 valence electrons. The van der Waals surface area contributed by atoms with Crippen molar-refractivity contribution in [2.45, 2.75) is 18.4 Å². The van der Waals surface area contributed by atoms with Crippen molar-refractivity contribution in [1.82, 2.24) is 10.1 Å². The van der Waals surface area contributed by atoms with Gasteiger partial charge in [-0.15, -0.1) is 0 Å². The molecule has 0 radical (unpaired) electrons. The zero-order chi connectivity index (χ0) is 19.6. The lowest BCUT2D eigenvalue weighted by Gasteiger charge is -2.06. The number of aromatic nitrogens is 2. The number of halogens is 1. The predicted octanol–water partition coefficient (Wildman–Crippen LogP) is 2.81. The summed E-state index contributed by atoms with van der Waals surface area (Å²) in [6.07, 6.45) is 0. The first-order valence-corrected chi connectivity index (χ1v) is 9.97. The molecule has 3 rings (SSSR count). The minimum absolute atomic E-state index is 0.0522. The standard InChI is InChI=1S/C17H14BrN3O5S/c1-10-5-6-12(8-14(10)27(19,23)24)17(22)25-9-15-20-16(21-26-15)11-3-2-4-13(18)7-11/h2-8H,9H2,1H3,(H2,19,23,24). The predicted molar refractivity (Wildman–Crippen MR) is 99.1 cm³/mol. The van der Waals surface area contributed by atoms with Gasteiger partial charge in [-0.25, -0.2) is 18.4 Å². The fourth-order valence-corrected chi connectivity index (χ4v) is 3.51. The van der Waals surface area contributed by atoms with Crippen LogP contribution in [0.2, 0.25) is 0 Å². The Balaban J connectivity index is 1.72. The van der Waals surface area contributed by atoms with Crippen LogP contribution in [0.15, 0.2) is 56.4 Å². The van der Waals surface area contributed by atoms with Crippen LogP contribution in [0.25, 0.3) is 11.4 Å². The Morgan fingerprint density at radius 3 is 2.74 bits per heavy atom. The smallest absolute Gasteiger partial charge is 0.338 e. The molecule has 2 aromatic carbocycles. The summed E-state index contributed by atoms with van der Waals surface area (Å²) in [5.74, 6) is -0.270. The maximum atomic E-state index is 12.2. The van der Waals surface area contributed by atoms with E-state index in [2.05, 4.69) is 26.1 Å². The average Bonchev–Trinajstić information content (AvgIpc) is 3.08. The second kappa shape index (κ2) is 7.59. The molecular weight excluding hydrogens is 438 g/mol. The molecule has 0 spiro atoms. The van der Waals surface area contributed by atoms with Gasteiger partial charge >= 0.3 is 5.97 Å². The lowest BCUT2D eigenvalue weighted by molar-refractivity contribution is 0.0429. The maximum absolute atomic E-state index is 12.2. The van der Waals surface area contributed by atoms with Crippen molar-refractivity contribution in [1.29, 1.82) is 0 Å². The van der Waals surface area contributed by atoms with Gasteiger partial charge in [-0.3, -0.25) is 0 Å². The van der Waals surface area contributed by atoms with Crippen molar-refractivity contribution in [3.63, 3.8) is 0 Å². The van der Waals surface area contributed by atoms with Gasteiger partial charge in [0.15, 0.2) is 6.61 Å². The molecule has 0 atom stereocenters. The van der Waals surface area contributed by atoms with E-state index in [1.54, 1.807) is 6.92 Å². The van der Waals surface area contributed by atoms with Crippen molar-refractivity contribution in [2.75, 3.05) is 0 Å². The number of hydrogen-bond acceptors (Lipinski definition) is 7. The van der Waals surface area contributed by atoms with Gasteiger partial charge in [0.1, 0.15) is 0 Å². The Morgan fingerprint density at radius 2 is 2.04 bits per heavy atom. The number of esters is 1. The number of aryl methyl sites for hydroxylation is 1. The number of primary sulfonamides is 1. The second-order valence-electron chi connectivity index (χ2n) is 5.62. The van der Waals surface area contributed by atoms with Gasteiger partial charge in [0.05, 0.1) is 10.5 Å². The van der Waals surface area contributed by atoms with E-state index in [0.29, 0.717) is 11.4 Å². The molecule has 3 aromatic rings. The van der Waals surface area contributed by atoms with Gasteiger partial charge in [-0.1, -0.05) is 39.3 Å². The van der Waals surface area contributed by atoms with Crippen LogP contribution in [0.1, 0.15) is 21.8 Å². The van der Waals surface area contributed by atoms with E-state index in [1.807, 2.05) is 24.3 Å².